The van der Waals surface area contributed by atoms with Crippen LogP contribution in [0.3, 0.4) is 0 Å². The van der Waals surface area contributed by atoms with Gasteiger partial charge in [-0.05, 0) is 23.6 Å². The normalized spacial score (nSPS) is 10.8. The van der Waals surface area contributed by atoms with Gasteiger partial charge in [-0.2, -0.15) is 0 Å². The van der Waals surface area contributed by atoms with E-state index in [4.69, 9.17) is 23.2 Å². The van der Waals surface area contributed by atoms with Gasteiger partial charge in [0, 0.05) is 6.54 Å². The topological polar surface area (TPSA) is 64.0 Å². The monoisotopic (exact) mass is 425 g/mol. The lowest BCUT2D eigenvalue weighted by Crippen LogP contribution is -2.23. The van der Waals surface area contributed by atoms with Crippen LogP contribution in [-0.2, 0) is 11.3 Å². The Bertz CT molecular complexity index is 1030. The number of amides is 1. The quantitative estimate of drug-likeness (QED) is 0.353. The molecule has 0 saturated heterocycles. The highest BCUT2D eigenvalue weighted by molar-refractivity contribution is 7.99. The van der Waals surface area contributed by atoms with Crippen LogP contribution in [0.1, 0.15) is 0 Å². The average Bonchev–Trinajstić information content (AvgIpc) is 3.08. The van der Waals surface area contributed by atoms with Crippen LogP contribution in [0.4, 0.5) is 5.69 Å². The molecule has 9 heteroatoms. The lowest BCUT2D eigenvalue weighted by molar-refractivity contribution is -0.113. The average molecular weight is 426 g/mol. The number of halogens is 2. The first-order chi connectivity index (χ1) is 12.5. The molecule has 0 aliphatic rings. The first kappa shape index (κ1) is 19.0. The minimum absolute atomic E-state index is 0.0576. The maximum Gasteiger partial charge on any atom is 0.263 e. The predicted octanol–water partition coefficient (Wildman–Crippen LogP) is 4.68. The Balaban J connectivity index is 1.80. The first-order valence-corrected chi connectivity index (χ1v) is 10.1. The molecule has 1 N–H and O–H groups in total. The molecule has 0 atom stereocenters. The Hall–Kier alpha value is -1.80. The van der Waals surface area contributed by atoms with Crippen LogP contribution < -0.4 is 10.9 Å². The molecule has 0 fully saturated rings. The fraction of sp³-hybridized carbons (Fsp3) is 0.118. The summed E-state index contributed by atoms with van der Waals surface area (Å²) in [5.74, 6) is -0.238. The SMILES string of the molecule is C=CCn1c(SCC(=O)Nc2c(Cl)cccc2Cl)nc2sccc2c1=O. The van der Waals surface area contributed by atoms with Crippen LogP contribution in [0.2, 0.25) is 10.0 Å². The highest BCUT2D eigenvalue weighted by atomic mass is 35.5. The first-order valence-electron chi connectivity index (χ1n) is 7.47. The molecule has 2 aromatic heterocycles. The number of allylic oxidation sites excluding steroid dienone is 1. The zero-order chi connectivity index (χ0) is 18.7. The number of para-hydroxylation sites is 1. The molecule has 0 aliphatic heterocycles. The number of hydrogen-bond donors (Lipinski definition) is 1. The van der Waals surface area contributed by atoms with Crippen molar-refractivity contribution in [2.75, 3.05) is 11.1 Å². The van der Waals surface area contributed by atoms with Crippen LogP contribution in [0.25, 0.3) is 10.2 Å². The van der Waals surface area contributed by atoms with Crippen LogP contribution in [-0.4, -0.2) is 21.2 Å². The Kier molecular flexibility index (Phi) is 6.03. The standard InChI is InChI=1S/C17H13Cl2N3O2S2/c1-2-7-22-16(24)10-6-8-25-15(10)21-17(22)26-9-13(23)20-14-11(18)4-3-5-12(14)19/h2-6,8H,1,7,9H2,(H,20,23). The predicted molar refractivity (Wildman–Crippen MR) is 110 cm³/mol. The zero-order valence-corrected chi connectivity index (χ0v) is 16.5. The molecular formula is C17H13Cl2N3O2S2. The summed E-state index contributed by atoms with van der Waals surface area (Å²) in [6, 6.07) is 6.73. The van der Waals surface area contributed by atoms with E-state index in [9.17, 15) is 9.59 Å². The highest BCUT2D eigenvalue weighted by Gasteiger charge is 2.15. The third-order valence-electron chi connectivity index (χ3n) is 3.42. The second-order valence-electron chi connectivity index (χ2n) is 5.17. The van der Waals surface area contributed by atoms with Crippen LogP contribution >= 0.6 is 46.3 Å². The Labute approximate surface area is 167 Å². The van der Waals surface area contributed by atoms with Crippen molar-refractivity contribution >= 4 is 68.1 Å². The van der Waals surface area contributed by atoms with Crippen molar-refractivity contribution in [1.29, 1.82) is 0 Å². The number of rotatable bonds is 6. The molecule has 0 bridgehead atoms. The van der Waals surface area contributed by atoms with Crippen molar-refractivity contribution in [1.82, 2.24) is 9.55 Å². The Morgan fingerprint density at radius 3 is 2.77 bits per heavy atom. The molecule has 0 unspecified atom stereocenters. The maximum absolute atomic E-state index is 12.6. The second-order valence-corrected chi connectivity index (χ2v) is 7.82. The van der Waals surface area contributed by atoms with Gasteiger partial charge in [-0.15, -0.1) is 17.9 Å². The number of fused-ring (bicyclic) bond motifs is 1. The number of aromatic nitrogens is 2. The summed E-state index contributed by atoms with van der Waals surface area (Å²) in [5.41, 5.74) is 0.222. The van der Waals surface area contributed by atoms with Gasteiger partial charge < -0.3 is 5.32 Å². The molecule has 1 amide bonds. The number of carbonyl (C=O) groups is 1. The number of thioether (sulfide) groups is 1. The molecule has 2 heterocycles. The molecule has 0 aliphatic carbocycles. The number of carbonyl (C=O) groups excluding carboxylic acids is 1. The lowest BCUT2D eigenvalue weighted by atomic mass is 10.3. The number of thiophene rings is 1. The van der Waals surface area contributed by atoms with Gasteiger partial charge in [0.1, 0.15) is 4.83 Å². The van der Waals surface area contributed by atoms with E-state index < -0.39 is 0 Å². The van der Waals surface area contributed by atoms with Gasteiger partial charge in [-0.1, -0.05) is 47.1 Å². The third-order valence-corrected chi connectivity index (χ3v) is 5.83. The van der Waals surface area contributed by atoms with Crippen molar-refractivity contribution in [3.8, 4) is 0 Å². The number of benzene rings is 1. The molecular weight excluding hydrogens is 413 g/mol. The molecule has 3 rings (SSSR count). The summed E-state index contributed by atoms with van der Waals surface area (Å²) in [7, 11) is 0. The highest BCUT2D eigenvalue weighted by Crippen LogP contribution is 2.30. The van der Waals surface area contributed by atoms with E-state index in [0.29, 0.717) is 37.7 Å². The van der Waals surface area contributed by atoms with Gasteiger partial charge >= 0.3 is 0 Å². The number of anilines is 1. The summed E-state index contributed by atoms with van der Waals surface area (Å²) in [4.78, 5) is 30.0. The molecule has 5 nitrogen and oxygen atoms in total. The van der Waals surface area contributed by atoms with E-state index in [1.165, 1.54) is 27.7 Å². The molecule has 1 aromatic carbocycles. The van der Waals surface area contributed by atoms with Gasteiger partial charge in [0.15, 0.2) is 5.16 Å². The van der Waals surface area contributed by atoms with E-state index in [1.807, 2.05) is 5.38 Å². The third kappa shape index (κ3) is 3.96. The summed E-state index contributed by atoms with van der Waals surface area (Å²) in [5, 5.41) is 6.25. The fourth-order valence-corrected chi connectivity index (χ4v) is 4.36. The van der Waals surface area contributed by atoms with Crippen LogP contribution in [0.15, 0.2) is 52.3 Å². The van der Waals surface area contributed by atoms with E-state index in [1.54, 1.807) is 30.3 Å². The van der Waals surface area contributed by atoms with Gasteiger partial charge in [0.2, 0.25) is 5.91 Å². The van der Waals surface area contributed by atoms with Crippen molar-refractivity contribution < 1.29 is 4.79 Å². The van der Waals surface area contributed by atoms with E-state index >= 15 is 0 Å². The smallest absolute Gasteiger partial charge is 0.263 e. The number of nitrogens with one attached hydrogen (secondary N) is 1. The van der Waals surface area contributed by atoms with Crippen LogP contribution in [0.5, 0.6) is 0 Å². The van der Waals surface area contributed by atoms with Gasteiger partial charge in [0.05, 0.1) is 26.9 Å². The van der Waals surface area contributed by atoms with E-state index in [-0.39, 0.29) is 17.2 Å². The summed E-state index contributed by atoms with van der Waals surface area (Å²) in [6.45, 7) is 3.99. The van der Waals surface area contributed by atoms with Crippen molar-refractivity contribution in [2.24, 2.45) is 0 Å². The largest absolute Gasteiger partial charge is 0.323 e. The summed E-state index contributed by atoms with van der Waals surface area (Å²) >= 11 is 14.7. The molecule has 0 saturated carbocycles. The maximum atomic E-state index is 12.6. The molecule has 134 valence electrons. The minimum Gasteiger partial charge on any atom is -0.323 e. The Morgan fingerprint density at radius 1 is 1.35 bits per heavy atom. The van der Waals surface area contributed by atoms with Crippen molar-refractivity contribution in [3.05, 3.63) is 62.7 Å². The summed E-state index contributed by atoms with van der Waals surface area (Å²) in [6.07, 6.45) is 1.62. The minimum atomic E-state index is -0.296. The van der Waals surface area contributed by atoms with Gasteiger partial charge in [-0.25, -0.2) is 4.98 Å². The van der Waals surface area contributed by atoms with Gasteiger partial charge in [-0.3, -0.25) is 14.2 Å². The molecule has 26 heavy (non-hydrogen) atoms. The second kappa shape index (κ2) is 8.26. The van der Waals surface area contributed by atoms with E-state index in [0.717, 1.165) is 0 Å². The number of nitrogens with zero attached hydrogens (tertiary/aromatic N) is 2. The lowest BCUT2D eigenvalue weighted by Gasteiger charge is -2.11. The summed E-state index contributed by atoms with van der Waals surface area (Å²) < 4.78 is 1.50. The van der Waals surface area contributed by atoms with Gasteiger partial charge in [0.25, 0.3) is 5.56 Å². The fourth-order valence-electron chi connectivity index (χ4n) is 2.25. The zero-order valence-electron chi connectivity index (χ0n) is 13.4. The number of hydrogen-bond acceptors (Lipinski definition) is 5. The van der Waals surface area contributed by atoms with Crippen molar-refractivity contribution in [3.63, 3.8) is 0 Å². The van der Waals surface area contributed by atoms with E-state index in [2.05, 4.69) is 16.9 Å². The molecule has 0 radical (unpaired) electrons. The van der Waals surface area contributed by atoms with Crippen molar-refractivity contribution in [2.45, 2.75) is 11.7 Å². The Morgan fingerprint density at radius 2 is 2.08 bits per heavy atom. The molecule has 0 spiro atoms. The van der Waals surface area contributed by atoms with Crippen LogP contribution in [0, 0.1) is 0 Å². The molecule has 3 aromatic rings.